The molecule has 0 saturated carbocycles. The van der Waals surface area contributed by atoms with Crippen LogP contribution in [0.1, 0.15) is 0 Å². The molecule has 0 aliphatic rings. The second-order valence-corrected chi connectivity index (χ2v) is 3.67. The molecule has 35 valence electrons. The van der Waals surface area contributed by atoms with E-state index < -0.39 is 0 Å². The zero-order chi connectivity index (χ0) is 3.58. The van der Waals surface area contributed by atoms with E-state index in [0.29, 0.717) is 10.9 Å². The summed E-state index contributed by atoms with van der Waals surface area (Å²) in [5.74, 6) is 0. The van der Waals surface area contributed by atoms with Gasteiger partial charge in [0.15, 0.2) is 0 Å². The van der Waals surface area contributed by atoms with Crippen molar-refractivity contribution in [1.29, 1.82) is 0 Å². The fourth-order valence-electron chi connectivity index (χ4n) is 0. The Morgan fingerprint density at radius 3 is 1.00 bits per heavy atom. The molecule has 0 fully saturated rings. The van der Waals surface area contributed by atoms with E-state index in [9.17, 15) is 0 Å². The van der Waals surface area contributed by atoms with Gasteiger partial charge in [-0.1, -0.05) is 0 Å². The van der Waals surface area contributed by atoms with Crippen molar-refractivity contribution in [2.24, 2.45) is 0 Å². The maximum absolute atomic E-state index is 2.19. The van der Waals surface area contributed by atoms with Crippen LogP contribution in [0.25, 0.3) is 0 Å². The minimum atomic E-state index is 0. The van der Waals surface area contributed by atoms with E-state index in [4.69, 9.17) is 0 Å². The Labute approximate surface area is 64.5 Å². The quantitative estimate of drug-likeness (QED) is 0.323. The molecule has 0 atom stereocenters. The van der Waals surface area contributed by atoms with E-state index in [1.807, 2.05) is 0 Å². The summed E-state index contributed by atoms with van der Waals surface area (Å²) >= 11 is 0. The minimum absolute atomic E-state index is 0. The second kappa shape index (κ2) is 9.58. The number of hydrogen-bond donors (Lipinski definition) is 0. The smallest absolute Gasteiger partial charge is 0.0969 e. The standard InChI is InChI=1S/C3H9S.Na.H2O/c1-4(2)3;;/h1-3H3;;1H2/q+1;;/p-1. The van der Waals surface area contributed by atoms with Gasteiger partial charge in [0.05, 0.1) is 18.8 Å². The molecule has 1 radical (unpaired) electrons. The molecular formula is C3H10NaOS. The molecule has 0 aromatic carbocycles. The third-order valence-corrected chi connectivity index (χ3v) is 0. The summed E-state index contributed by atoms with van der Waals surface area (Å²) in [7, 11) is 0.639. The van der Waals surface area contributed by atoms with E-state index in [1.165, 1.54) is 0 Å². The van der Waals surface area contributed by atoms with Crippen molar-refractivity contribution < 1.29 is 5.48 Å². The third-order valence-electron chi connectivity index (χ3n) is 0. The summed E-state index contributed by atoms with van der Waals surface area (Å²) in [5.41, 5.74) is 0. The van der Waals surface area contributed by atoms with E-state index in [2.05, 4.69) is 18.8 Å². The molecule has 0 spiro atoms. The first-order valence-corrected chi connectivity index (χ1v) is 3.67. The van der Waals surface area contributed by atoms with Gasteiger partial charge >= 0.3 is 0 Å². The van der Waals surface area contributed by atoms with Crippen molar-refractivity contribution in [3.05, 3.63) is 0 Å². The van der Waals surface area contributed by atoms with Crippen molar-refractivity contribution in [1.82, 2.24) is 0 Å². The minimum Gasteiger partial charge on any atom is -0.870 e. The fraction of sp³-hybridized carbons (Fsp3) is 1.00. The van der Waals surface area contributed by atoms with Crippen LogP contribution in [-0.2, 0) is 10.9 Å². The topological polar surface area (TPSA) is 30.0 Å². The molecule has 0 rings (SSSR count). The van der Waals surface area contributed by atoms with Crippen molar-refractivity contribution in [2.45, 2.75) is 0 Å². The Morgan fingerprint density at radius 1 is 1.00 bits per heavy atom. The van der Waals surface area contributed by atoms with E-state index in [0.717, 1.165) is 0 Å². The van der Waals surface area contributed by atoms with Crippen molar-refractivity contribution in [3.63, 3.8) is 0 Å². The van der Waals surface area contributed by atoms with Crippen LogP contribution in [0, 0.1) is 0 Å². The Hall–Kier alpha value is 1.31. The molecule has 0 aliphatic heterocycles. The summed E-state index contributed by atoms with van der Waals surface area (Å²) in [4.78, 5) is 0. The molecule has 0 aromatic heterocycles. The second-order valence-electron chi connectivity index (χ2n) is 1.22. The first-order valence-electron chi connectivity index (χ1n) is 1.22. The van der Waals surface area contributed by atoms with Gasteiger partial charge in [0.1, 0.15) is 0 Å². The average molecular weight is 117 g/mol. The van der Waals surface area contributed by atoms with Gasteiger partial charge in [-0.3, -0.25) is 0 Å². The average Bonchev–Trinajstić information content (AvgIpc) is 0.811. The van der Waals surface area contributed by atoms with Gasteiger partial charge in [-0.25, -0.2) is 0 Å². The summed E-state index contributed by atoms with van der Waals surface area (Å²) in [6.07, 6.45) is 6.58. The predicted molar refractivity (Wildman–Crippen MR) is 32.8 cm³/mol. The first-order chi connectivity index (χ1) is 1.73. The first kappa shape index (κ1) is 15.7. The zero-order valence-corrected chi connectivity index (χ0v) is 7.67. The Morgan fingerprint density at radius 2 is 1.00 bits per heavy atom. The summed E-state index contributed by atoms with van der Waals surface area (Å²) in [5, 5.41) is 0. The SMILES string of the molecule is C[S+](C)C.[Na].[OH-]. The molecular weight excluding hydrogens is 107 g/mol. The van der Waals surface area contributed by atoms with Gasteiger partial charge in [-0.05, 0) is 10.9 Å². The van der Waals surface area contributed by atoms with Crippen molar-refractivity contribution >= 4 is 40.5 Å². The molecule has 0 unspecified atom stereocenters. The maximum atomic E-state index is 2.19. The van der Waals surface area contributed by atoms with Gasteiger partial charge in [-0.15, -0.1) is 0 Å². The number of rotatable bonds is 0. The Bertz CT molecular complexity index is 15.5. The molecule has 0 aliphatic carbocycles. The van der Waals surface area contributed by atoms with Crippen LogP contribution in [0.4, 0.5) is 0 Å². The van der Waals surface area contributed by atoms with Crippen LogP contribution in [0.3, 0.4) is 0 Å². The molecule has 3 heteroatoms. The molecule has 0 saturated heterocycles. The summed E-state index contributed by atoms with van der Waals surface area (Å²) in [6, 6.07) is 0. The van der Waals surface area contributed by atoms with Gasteiger partial charge in [0.25, 0.3) is 0 Å². The van der Waals surface area contributed by atoms with Gasteiger partial charge < -0.3 is 5.48 Å². The van der Waals surface area contributed by atoms with Crippen LogP contribution in [0.2, 0.25) is 0 Å². The Kier molecular flexibility index (Phi) is 25.0. The van der Waals surface area contributed by atoms with Gasteiger partial charge in [-0.2, -0.15) is 0 Å². The predicted octanol–water partition coefficient (Wildman–Crippen LogP) is -0.0635. The molecule has 0 amide bonds. The van der Waals surface area contributed by atoms with Crippen LogP contribution in [-0.4, -0.2) is 53.8 Å². The molecule has 0 heterocycles. The Balaban J connectivity index is -0.0000000450. The van der Waals surface area contributed by atoms with E-state index >= 15 is 0 Å². The van der Waals surface area contributed by atoms with E-state index in [1.54, 1.807) is 0 Å². The monoisotopic (exact) mass is 117 g/mol. The molecule has 6 heavy (non-hydrogen) atoms. The van der Waals surface area contributed by atoms with Gasteiger partial charge in [0, 0.05) is 29.6 Å². The zero-order valence-electron chi connectivity index (χ0n) is 4.86. The third kappa shape index (κ3) is 57.5. The molecule has 0 aromatic rings. The van der Waals surface area contributed by atoms with Crippen LogP contribution in [0.5, 0.6) is 0 Å². The fourth-order valence-corrected chi connectivity index (χ4v) is 0. The van der Waals surface area contributed by atoms with Crippen molar-refractivity contribution in [3.8, 4) is 0 Å². The summed E-state index contributed by atoms with van der Waals surface area (Å²) in [6.45, 7) is 0. The van der Waals surface area contributed by atoms with E-state index in [-0.39, 0.29) is 35.0 Å². The molecule has 1 N–H and O–H groups in total. The normalized spacial score (nSPS) is 6.00. The van der Waals surface area contributed by atoms with Crippen LogP contribution >= 0.6 is 0 Å². The maximum Gasteiger partial charge on any atom is 0.0969 e. The largest absolute Gasteiger partial charge is 0.870 e. The van der Waals surface area contributed by atoms with Crippen molar-refractivity contribution in [2.75, 3.05) is 18.8 Å². The van der Waals surface area contributed by atoms with Gasteiger partial charge in [0.2, 0.25) is 0 Å². The van der Waals surface area contributed by atoms with Crippen LogP contribution in [0.15, 0.2) is 0 Å². The molecule has 0 bridgehead atoms. The van der Waals surface area contributed by atoms with Crippen LogP contribution < -0.4 is 0 Å². The molecule has 1 nitrogen and oxygen atoms in total. The number of hydrogen-bond acceptors (Lipinski definition) is 1. The summed E-state index contributed by atoms with van der Waals surface area (Å²) < 4.78 is 0.